The predicted molar refractivity (Wildman–Crippen MR) is 170 cm³/mol. The third-order valence-electron chi connectivity index (χ3n) is 8.21. The number of fused-ring (bicyclic) bond motifs is 11. The number of para-hydroxylation sites is 1. The van der Waals surface area contributed by atoms with Crippen LogP contribution in [-0.4, -0.2) is 14.5 Å². The maximum atomic E-state index is 5.34. The molecule has 188 valence electrons. The van der Waals surface area contributed by atoms with E-state index < -0.39 is 0 Å². The number of hydrogen-bond acceptors (Lipinski definition) is 3. The van der Waals surface area contributed by atoms with Crippen molar-refractivity contribution in [2.24, 2.45) is 0 Å². The van der Waals surface area contributed by atoms with Crippen molar-refractivity contribution in [1.29, 1.82) is 0 Å². The first-order valence-electron chi connectivity index (χ1n) is 13.8. The number of hydrogen-bond donors (Lipinski definition) is 0. The minimum absolute atomic E-state index is 0.726. The molecule has 0 saturated heterocycles. The Bertz CT molecular complexity index is 2430. The fourth-order valence-corrected chi connectivity index (χ4v) is 7.80. The summed E-state index contributed by atoms with van der Waals surface area (Å²) in [5, 5.41) is 10.1. The van der Waals surface area contributed by atoms with E-state index in [9.17, 15) is 0 Å². The lowest BCUT2D eigenvalue weighted by atomic mass is 9.99. The average Bonchev–Trinajstić information content (AvgIpc) is 3.58. The summed E-state index contributed by atoms with van der Waals surface area (Å²) in [5.41, 5.74) is 4.23. The Morgan fingerprint density at radius 2 is 1.27 bits per heavy atom. The second-order valence-corrected chi connectivity index (χ2v) is 11.5. The van der Waals surface area contributed by atoms with E-state index in [-0.39, 0.29) is 0 Å². The Hall–Kier alpha value is -4.80. The van der Waals surface area contributed by atoms with Gasteiger partial charge in [0, 0.05) is 37.0 Å². The zero-order valence-corrected chi connectivity index (χ0v) is 22.5. The van der Waals surface area contributed by atoms with Gasteiger partial charge in [0.05, 0.1) is 26.8 Å². The van der Waals surface area contributed by atoms with E-state index in [0.29, 0.717) is 0 Å². The van der Waals surface area contributed by atoms with Crippen molar-refractivity contribution in [2.75, 3.05) is 0 Å². The number of aromatic nitrogens is 3. The molecule has 8 aromatic rings. The van der Waals surface area contributed by atoms with Crippen LogP contribution < -0.4 is 10.6 Å². The zero-order valence-electron chi connectivity index (χ0n) is 21.6. The highest BCUT2D eigenvalue weighted by Crippen LogP contribution is 2.43. The summed E-state index contributed by atoms with van der Waals surface area (Å²) in [5.74, 6) is 0.726. The van der Waals surface area contributed by atoms with E-state index >= 15 is 0 Å². The fourth-order valence-electron chi connectivity index (χ4n) is 6.54. The van der Waals surface area contributed by atoms with Gasteiger partial charge < -0.3 is 0 Å². The van der Waals surface area contributed by atoms with E-state index in [1.165, 1.54) is 52.4 Å². The third-order valence-corrected chi connectivity index (χ3v) is 9.39. The normalized spacial score (nSPS) is 13.2. The lowest BCUT2D eigenvalue weighted by Crippen LogP contribution is -2.31. The smallest absolute Gasteiger partial charge is 0.235 e. The van der Waals surface area contributed by atoms with Crippen LogP contribution in [0.2, 0.25) is 0 Å². The fraction of sp³-hybridized carbons (Fsp3) is 0.0556. The van der Waals surface area contributed by atoms with Crippen molar-refractivity contribution < 1.29 is 0 Å². The van der Waals surface area contributed by atoms with Gasteiger partial charge in [0.15, 0.2) is 0 Å². The molecule has 0 unspecified atom stereocenters. The van der Waals surface area contributed by atoms with Crippen LogP contribution in [-0.2, 0) is 0 Å². The van der Waals surface area contributed by atoms with Crippen molar-refractivity contribution >= 4 is 76.2 Å². The Kier molecular flexibility index (Phi) is 4.60. The van der Waals surface area contributed by atoms with E-state index in [4.69, 9.17) is 9.97 Å². The third kappa shape index (κ3) is 3.00. The molecule has 40 heavy (non-hydrogen) atoms. The lowest BCUT2D eigenvalue weighted by molar-refractivity contribution is 0.940. The van der Waals surface area contributed by atoms with E-state index in [1.54, 1.807) is 0 Å². The minimum Gasteiger partial charge on any atom is -0.277 e. The number of benzene rings is 5. The maximum absolute atomic E-state index is 5.34. The summed E-state index contributed by atoms with van der Waals surface area (Å²) in [6.07, 6.45) is 6.84. The van der Waals surface area contributed by atoms with Gasteiger partial charge in [-0.2, -0.15) is 0 Å². The second kappa shape index (κ2) is 8.35. The monoisotopic (exact) mass is 529 g/mol. The number of thiophene rings is 1. The molecule has 3 aromatic heterocycles. The molecule has 0 atom stereocenters. The first-order valence-corrected chi connectivity index (χ1v) is 14.6. The van der Waals surface area contributed by atoms with Crippen molar-refractivity contribution in [2.45, 2.75) is 12.8 Å². The highest BCUT2D eigenvalue weighted by molar-refractivity contribution is 7.26. The van der Waals surface area contributed by atoms with E-state index in [0.717, 1.165) is 41.0 Å². The van der Waals surface area contributed by atoms with Gasteiger partial charge in [-0.15, -0.1) is 11.3 Å². The molecule has 3 nitrogen and oxygen atoms in total. The van der Waals surface area contributed by atoms with Gasteiger partial charge in [0.2, 0.25) is 5.95 Å². The lowest BCUT2D eigenvalue weighted by Gasteiger charge is -2.12. The summed E-state index contributed by atoms with van der Waals surface area (Å²) in [7, 11) is 0. The van der Waals surface area contributed by atoms with Crippen molar-refractivity contribution in [3.05, 3.63) is 114 Å². The molecule has 9 rings (SSSR count). The first-order chi connectivity index (χ1) is 19.9. The van der Waals surface area contributed by atoms with Crippen LogP contribution in [0.25, 0.3) is 82.1 Å². The molecular formula is C36H23N3S. The molecular weight excluding hydrogens is 506 g/mol. The van der Waals surface area contributed by atoms with Crippen LogP contribution in [0.5, 0.6) is 0 Å². The molecule has 4 heteroatoms. The van der Waals surface area contributed by atoms with Crippen molar-refractivity contribution in [1.82, 2.24) is 14.5 Å². The van der Waals surface area contributed by atoms with Gasteiger partial charge in [0.1, 0.15) is 0 Å². The molecule has 1 aliphatic carbocycles. The molecule has 0 aliphatic heterocycles. The molecule has 0 bridgehead atoms. The van der Waals surface area contributed by atoms with Gasteiger partial charge in [-0.05, 0) is 35.7 Å². The second-order valence-electron chi connectivity index (χ2n) is 10.4. The zero-order chi connectivity index (χ0) is 26.2. The van der Waals surface area contributed by atoms with Gasteiger partial charge in [-0.25, -0.2) is 9.97 Å². The Morgan fingerprint density at radius 3 is 2.12 bits per heavy atom. The molecule has 0 saturated carbocycles. The number of nitrogens with zero attached hydrogens (tertiary/aromatic N) is 3. The topological polar surface area (TPSA) is 30.7 Å². The van der Waals surface area contributed by atoms with Crippen molar-refractivity contribution in [3.8, 4) is 17.2 Å². The van der Waals surface area contributed by atoms with Gasteiger partial charge in [-0.3, -0.25) is 4.57 Å². The van der Waals surface area contributed by atoms with E-state index in [1.807, 2.05) is 11.3 Å². The SMILES string of the molecule is C1=c2c(n(-c3nc(-c4ccccc4)c4ccccc4n3)c3c4sc5ccccc5c4c4ccccc4c23)=CCC1. The minimum atomic E-state index is 0.726. The predicted octanol–water partition coefficient (Wildman–Crippen LogP) is 8.12. The molecule has 5 aromatic carbocycles. The summed E-state index contributed by atoms with van der Waals surface area (Å²) < 4.78 is 4.95. The molecule has 0 N–H and O–H groups in total. The molecule has 0 radical (unpaired) electrons. The summed E-state index contributed by atoms with van der Waals surface area (Å²) in [6, 6.07) is 36.5. The number of rotatable bonds is 2. The standard InChI is InChI=1S/C36H23N3S/c1-2-12-22(13-3-1)33-25-16-6-9-19-28(25)37-36(38-33)39-29-20-10-7-17-26(29)31-23-14-4-5-15-24(23)32-27-18-8-11-21-30(27)40-35(32)34(31)39/h1-6,8-9,11-21H,7,10H2. The summed E-state index contributed by atoms with van der Waals surface area (Å²) in [4.78, 5) is 10.6. The Morgan fingerprint density at radius 1 is 0.600 bits per heavy atom. The average molecular weight is 530 g/mol. The summed E-state index contributed by atoms with van der Waals surface area (Å²) >= 11 is 1.88. The Labute approximate surface area is 234 Å². The summed E-state index contributed by atoms with van der Waals surface area (Å²) in [6.45, 7) is 0. The molecule has 0 spiro atoms. The first kappa shape index (κ1) is 22.1. The van der Waals surface area contributed by atoms with Crippen LogP contribution in [0.1, 0.15) is 12.8 Å². The van der Waals surface area contributed by atoms with Gasteiger partial charge >= 0.3 is 0 Å². The molecule has 0 fully saturated rings. The van der Waals surface area contributed by atoms with E-state index in [2.05, 4.69) is 120 Å². The van der Waals surface area contributed by atoms with Gasteiger partial charge in [-0.1, -0.05) is 103 Å². The van der Waals surface area contributed by atoms with Crippen LogP contribution >= 0.6 is 11.3 Å². The quantitative estimate of drug-likeness (QED) is 0.226. The Balaban J connectivity index is 1.54. The van der Waals surface area contributed by atoms with Crippen LogP contribution in [0, 0.1) is 0 Å². The van der Waals surface area contributed by atoms with Gasteiger partial charge in [0.25, 0.3) is 0 Å². The maximum Gasteiger partial charge on any atom is 0.235 e. The molecule has 3 heterocycles. The largest absolute Gasteiger partial charge is 0.277 e. The molecule has 0 amide bonds. The van der Waals surface area contributed by atoms with Crippen molar-refractivity contribution in [3.63, 3.8) is 0 Å². The molecule has 1 aliphatic rings. The van der Waals surface area contributed by atoms with Crippen LogP contribution in [0.4, 0.5) is 0 Å². The highest BCUT2D eigenvalue weighted by atomic mass is 32.1. The highest BCUT2D eigenvalue weighted by Gasteiger charge is 2.23. The van der Waals surface area contributed by atoms with Crippen LogP contribution in [0.15, 0.2) is 103 Å². The van der Waals surface area contributed by atoms with Crippen LogP contribution in [0.3, 0.4) is 0 Å².